The summed E-state index contributed by atoms with van der Waals surface area (Å²) in [4.78, 5) is 0. The molecular weight excluding hydrogens is 202 g/mol. The van der Waals surface area contributed by atoms with E-state index in [1.807, 2.05) is 12.1 Å². The van der Waals surface area contributed by atoms with Gasteiger partial charge in [-0.15, -0.1) is 0 Å². The number of aliphatic hydroxyl groups excluding tert-OH is 1. The van der Waals surface area contributed by atoms with Crippen LogP contribution >= 0.6 is 0 Å². The molecule has 0 amide bonds. The van der Waals surface area contributed by atoms with Gasteiger partial charge in [0.25, 0.3) is 0 Å². The fourth-order valence-electron chi connectivity index (χ4n) is 1.77. The van der Waals surface area contributed by atoms with Gasteiger partial charge in [0.05, 0.1) is 13.7 Å². The summed E-state index contributed by atoms with van der Waals surface area (Å²) < 4.78 is 5.13. The average Bonchev–Trinajstić information content (AvgIpc) is 2.30. The number of nitrogens with one attached hydrogen (secondary N) is 1. The summed E-state index contributed by atoms with van der Waals surface area (Å²) in [6, 6.07) is 8.33. The van der Waals surface area contributed by atoms with E-state index in [1.54, 1.807) is 7.11 Å². The maximum atomic E-state index is 8.84. The van der Waals surface area contributed by atoms with Gasteiger partial charge in [0, 0.05) is 12.6 Å². The standard InChI is InChI=1S/C13H21NO2/c1-10(2)13(14-8-9-15)11-4-6-12(16-3)7-5-11/h4-7,10,13-15H,8-9H2,1-3H3. The van der Waals surface area contributed by atoms with Gasteiger partial charge in [-0.2, -0.15) is 0 Å². The molecule has 1 atom stereocenters. The minimum Gasteiger partial charge on any atom is -0.497 e. The zero-order valence-electron chi connectivity index (χ0n) is 10.2. The van der Waals surface area contributed by atoms with Crippen LogP contribution in [0.5, 0.6) is 5.75 Å². The Bertz CT molecular complexity index is 295. The highest BCUT2D eigenvalue weighted by molar-refractivity contribution is 5.29. The smallest absolute Gasteiger partial charge is 0.118 e. The van der Waals surface area contributed by atoms with E-state index < -0.39 is 0 Å². The molecule has 0 heterocycles. The van der Waals surface area contributed by atoms with E-state index in [9.17, 15) is 0 Å². The highest BCUT2D eigenvalue weighted by Crippen LogP contribution is 2.23. The summed E-state index contributed by atoms with van der Waals surface area (Å²) in [5.41, 5.74) is 1.23. The maximum Gasteiger partial charge on any atom is 0.118 e. The largest absolute Gasteiger partial charge is 0.497 e. The molecule has 1 aromatic carbocycles. The zero-order valence-corrected chi connectivity index (χ0v) is 10.2. The number of benzene rings is 1. The van der Waals surface area contributed by atoms with Gasteiger partial charge < -0.3 is 15.2 Å². The third-order valence-corrected chi connectivity index (χ3v) is 2.62. The minimum atomic E-state index is 0.166. The van der Waals surface area contributed by atoms with Crippen LogP contribution in [0.25, 0.3) is 0 Å². The van der Waals surface area contributed by atoms with Crippen LogP contribution in [0.15, 0.2) is 24.3 Å². The van der Waals surface area contributed by atoms with Crippen LogP contribution in [0.1, 0.15) is 25.5 Å². The molecule has 1 rings (SSSR count). The third kappa shape index (κ3) is 3.51. The van der Waals surface area contributed by atoms with E-state index in [4.69, 9.17) is 9.84 Å². The number of hydrogen-bond donors (Lipinski definition) is 2. The van der Waals surface area contributed by atoms with Crippen molar-refractivity contribution in [3.05, 3.63) is 29.8 Å². The van der Waals surface area contributed by atoms with Gasteiger partial charge in [0.15, 0.2) is 0 Å². The Labute approximate surface area is 97.4 Å². The molecule has 0 aliphatic heterocycles. The molecule has 0 bridgehead atoms. The van der Waals surface area contributed by atoms with Crippen molar-refractivity contribution in [2.75, 3.05) is 20.3 Å². The first kappa shape index (κ1) is 13.0. The Morgan fingerprint density at radius 1 is 1.25 bits per heavy atom. The fraction of sp³-hybridized carbons (Fsp3) is 0.538. The normalized spacial score (nSPS) is 12.8. The second-order valence-electron chi connectivity index (χ2n) is 4.17. The molecule has 0 spiro atoms. The summed E-state index contributed by atoms with van der Waals surface area (Å²) in [6.45, 7) is 5.12. The molecule has 0 aromatic heterocycles. The van der Waals surface area contributed by atoms with Gasteiger partial charge in [0.2, 0.25) is 0 Å². The lowest BCUT2D eigenvalue weighted by Gasteiger charge is -2.22. The van der Waals surface area contributed by atoms with E-state index in [0.29, 0.717) is 12.5 Å². The van der Waals surface area contributed by atoms with Gasteiger partial charge in [-0.3, -0.25) is 0 Å². The summed E-state index contributed by atoms with van der Waals surface area (Å²) >= 11 is 0. The Morgan fingerprint density at radius 2 is 1.88 bits per heavy atom. The second kappa shape index (κ2) is 6.51. The van der Waals surface area contributed by atoms with Crippen LogP contribution in [-0.2, 0) is 0 Å². The topological polar surface area (TPSA) is 41.5 Å². The van der Waals surface area contributed by atoms with Gasteiger partial charge in [-0.05, 0) is 23.6 Å². The predicted molar refractivity (Wildman–Crippen MR) is 65.7 cm³/mol. The molecule has 16 heavy (non-hydrogen) atoms. The summed E-state index contributed by atoms with van der Waals surface area (Å²) in [5, 5.41) is 12.2. The fourth-order valence-corrected chi connectivity index (χ4v) is 1.77. The Hall–Kier alpha value is -1.06. The van der Waals surface area contributed by atoms with E-state index in [1.165, 1.54) is 5.56 Å². The van der Waals surface area contributed by atoms with Crippen molar-refractivity contribution >= 4 is 0 Å². The molecule has 0 aliphatic carbocycles. The lowest BCUT2D eigenvalue weighted by molar-refractivity contribution is 0.274. The molecular formula is C13H21NO2. The molecule has 2 N–H and O–H groups in total. The van der Waals surface area contributed by atoms with Crippen molar-refractivity contribution in [1.82, 2.24) is 5.32 Å². The second-order valence-corrected chi connectivity index (χ2v) is 4.17. The zero-order chi connectivity index (χ0) is 12.0. The monoisotopic (exact) mass is 223 g/mol. The minimum absolute atomic E-state index is 0.166. The van der Waals surface area contributed by atoms with Gasteiger partial charge in [0.1, 0.15) is 5.75 Å². The van der Waals surface area contributed by atoms with Crippen LogP contribution in [0.2, 0.25) is 0 Å². The highest BCUT2D eigenvalue weighted by atomic mass is 16.5. The molecule has 0 saturated carbocycles. The van der Waals surface area contributed by atoms with E-state index in [-0.39, 0.29) is 12.6 Å². The van der Waals surface area contributed by atoms with Crippen molar-refractivity contribution in [2.24, 2.45) is 5.92 Å². The summed E-state index contributed by atoms with van der Waals surface area (Å²) in [6.07, 6.45) is 0. The lowest BCUT2D eigenvalue weighted by Crippen LogP contribution is -2.28. The van der Waals surface area contributed by atoms with Crippen LogP contribution in [0, 0.1) is 5.92 Å². The van der Waals surface area contributed by atoms with Crippen LogP contribution in [0.4, 0.5) is 0 Å². The molecule has 3 heteroatoms. The third-order valence-electron chi connectivity index (χ3n) is 2.62. The average molecular weight is 223 g/mol. The van der Waals surface area contributed by atoms with Crippen molar-refractivity contribution < 1.29 is 9.84 Å². The predicted octanol–water partition coefficient (Wildman–Crippen LogP) is 1.97. The highest BCUT2D eigenvalue weighted by Gasteiger charge is 2.14. The lowest BCUT2D eigenvalue weighted by atomic mass is 9.96. The molecule has 90 valence electrons. The molecule has 0 aliphatic rings. The number of ether oxygens (including phenoxy) is 1. The van der Waals surface area contributed by atoms with Crippen molar-refractivity contribution in [1.29, 1.82) is 0 Å². The van der Waals surface area contributed by atoms with Crippen LogP contribution in [0.3, 0.4) is 0 Å². The Morgan fingerprint density at radius 3 is 2.31 bits per heavy atom. The summed E-state index contributed by atoms with van der Waals surface area (Å²) in [7, 11) is 1.67. The molecule has 1 unspecified atom stereocenters. The van der Waals surface area contributed by atoms with E-state index >= 15 is 0 Å². The Balaban J connectivity index is 2.75. The molecule has 1 aromatic rings. The Kier molecular flexibility index (Phi) is 5.29. The van der Waals surface area contributed by atoms with Crippen LogP contribution < -0.4 is 10.1 Å². The molecule has 0 fully saturated rings. The summed E-state index contributed by atoms with van der Waals surface area (Å²) in [5.74, 6) is 1.35. The first-order valence-corrected chi connectivity index (χ1v) is 5.67. The molecule has 0 saturated heterocycles. The molecule has 3 nitrogen and oxygen atoms in total. The first-order chi connectivity index (χ1) is 7.69. The van der Waals surface area contributed by atoms with Crippen LogP contribution in [-0.4, -0.2) is 25.4 Å². The molecule has 0 radical (unpaired) electrons. The number of aliphatic hydroxyl groups is 1. The number of methoxy groups -OCH3 is 1. The van der Waals surface area contributed by atoms with E-state index in [2.05, 4.69) is 31.3 Å². The van der Waals surface area contributed by atoms with Gasteiger partial charge in [-0.25, -0.2) is 0 Å². The van der Waals surface area contributed by atoms with Gasteiger partial charge in [-0.1, -0.05) is 26.0 Å². The quantitative estimate of drug-likeness (QED) is 0.774. The van der Waals surface area contributed by atoms with Crippen molar-refractivity contribution in [2.45, 2.75) is 19.9 Å². The SMILES string of the molecule is COc1ccc(C(NCCO)C(C)C)cc1. The van der Waals surface area contributed by atoms with Crippen molar-refractivity contribution in [3.8, 4) is 5.75 Å². The maximum absolute atomic E-state index is 8.84. The number of rotatable bonds is 6. The first-order valence-electron chi connectivity index (χ1n) is 5.67. The number of hydrogen-bond acceptors (Lipinski definition) is 3. The van der Waals surface area contributed by atoms with Crippen molar-refractivity contribution in [3.63, 3.8) is 0 Å². The van der Waals surface area contributed by atoms with E-state index in [0.717, 1.165) is 5.75 Å². The van der Waals surface area contributed by atoms with Gasteiger partial charge >= 0.3 is 0 Å².